The Hall–Kier alpha value is -2.34. The zero-order chi connectivity index (χ0) is 16.7. The van der Waals surface area contributed by atoms with Crippen LogP contribution in [0.1, 0.15) is 26.7 Å². The highest BCUT2D eigenvalue weighted by Gasteiger charge is 2.28. The molecule has 0 unspecified atom stereocenters. The largest absolute Gasteiger partial charge is 0.351 e. The molecule has 124 valence electrons. The van der Waals surface area contributed by atoms with Crippen molar-refractivity contribution in [2.45, 2.75) is 38.8 Å². The lowest BCUT2D eigenvalue weighted by atomic mass is 10.2. The van der Waals surface area contributed by atoms with E-state index in [2.05, 4.69) is 40.2 Å². The summed E-state index contributed by atoms with van der Waals surface area (Å²) >= 11 is 6.09. The average molecular weight is 343 g/mol. The lowest BCUT2D eigenvalue weighted by Crippen LogP contribution is -2.33. The van der Waals surface area contributed by atoms with Crippen LogP contribution in [-0.4, -0.2) is 31.7 Å². The number of halogens is 1. The summed E-state index contributed by atoms with van der Waals surface area (Å²) in [4.78, 5) is 11.5. The van der Waals surface area contributed by atoms with Crippen LogP contribution in [0.3, 0.4) is 0 Å². The van der Waals surface area contributed by atoms with E-state index in [9.17, 15) is 0 Å². The van der Waals surface area contributed by atoms with Crippen LogP contribution < -0.4 is 10.2 Å². The molecule has 0 bridgehead atoms. The second-order valence-corrected chi connectivity index (χ2v) is 6.65. The van der Waals surface area contributed by atoms with Gasteiger partial charge in [0.05, 0.1) is 5.69 Å². The predicted molar refractivity (Wildman–Crippen MR) is 96.2 cm³/mol. The van der Waals surface area contributed by atoms with Gasteiger partial charge in [-0.2, -0.15) is 5.10 Å². The molecule has 1 aliphatic heterocycles. The zero-order valence-electron chi connectivity index (χ0n) is 13.6. The van der Waals surface area contributed by atoms with Crippen LogP contribution in [0.5, 0.6) is 0 Å². The van der Waals surface area contributed by atoms with E-state index in [0.29, 0.717) is 17.2 Å². The fourth-order valence-electron chi connectivity index (χ4n) is 3.40. The maximum Gasteiger partial charge on any atom is 0.177 e. The number of imidazole rings is 1. The summed E-state index contributed by atoms with van der Waals surface area (Å²) in [7, 11) is 0. The Balaban J connectivity index is 1.68. The molecule has 0 spiro atoms. The Morgan fingerprint density at radius 2 is 2.00 bits per heavy atom. The second kappa shape index (κ2) is 5.94. The highest BCUT2D eigenvalue weighted by atomic mass is 35.5. The van der Waals surface area contributed by atoms with Crippen LogP contribution in [-0.2, 0) is 0 Å². The summed E-state index contributed by atoms with van der Waals surface area (Å²) in [5.41, 5.74) is 1.50. The van der Waals surface area contributed by atoms with Gasteiger partial charge in [-0.3, -0.25) is 0 Å². The van der Waals surface area contributed by atoms with Gasteiger partial charge in [0.15, 0.2) is 10.8 Å². The quantitative estimate of drug-likeness (QED) is 0.782. The Morgan fingerprint density at radius 3 is 2.79 bits per heavy atom. The molecule has 3 aromatic heterocycles. The van der Waals surface area contributed by atoms with E-state index in [0.717, 1.165) is 23.0 Å². The van der Waals surface area contributed by atoms with Crippen molar-refractivity contribution in [3.8, 4) is 0 Å². The lowest BCUT2D eigenvalue weighted by Gasteiger charge is -2.27. The van der Waals surface area contributed by atoms with Gasteiger partial charge < -0.3 is 10.2 Å². The molecule has 1 saturated heterocycles. The second-order valence-electron chi connectivity index (χ2n) is 6.26. The first-order valence-corrected chi connectivity index (χ1v) is 8.52. The first-order valence-electron chi connectivity index (χ1n) is 8.14. The summed E-state index contributed by atoms with van der Waals surface area (Å²) in [5, 5.41) is 7.91. The van der Waals surface area contributed by atoms with Crippen LogP contribution in [0.25, 0.3) is 5.65 Å². The molecule has 0 aromatic carbocycles. The molecule has 7 heteroatoms. The molecular weight excluding hydrogens is 324 g/mol. The molecular formula is C17H19ClN6. The average Bonchev–Trinajstić information content (AvgIpc) is 3.14. The van der Waals surface area contributed by atoms with E-state index in [1.165, 1.54) is 12.8 Å². The number of anilines is 3. The molecule has 4 rings (SSSR count). The number of nitrogens with one attached hydrogen (secondary N) is 1. The van der Waals surface area contributed by atoms with E-state index in [4.69, 9.17) is 16.6 Å². The third-order valence-corrected chi connectivity index (χ3v) is 4.73. The van der Waals surface area contributed by atoms with Gasteiger partial charge in [-0.1, -0.05) is 17.7 Å². The van der Waals surface area contributed by atoms with Gasteiger partial charge >= 0.3 is 0 Å². The Morgan fingerprint density at radius 1 is 1.21 bits per heavy atom. The minimum atomic E-state index is 0.404. The Labute approximate surface area is 145 Å². The van der Waals surface area contributed by atoms with Gasteiger partial charge in [0.2, 0.25) is 0 Å². The molecule has 1 fully saturated rings. The number of rotatable bonds is 3. The number of hydrogen-bond acceptors (Lipinski definition) is 5. The standard InChI is InChI=1S/C17H19ClN6/c1-11-6-7-12(2)24(11)16-5-3-4-15(21-16)20-13-10-14(18)22-23-9-8-19-17(13)23/h3-5,8-12H,6-7H2,1-2H3,(H,20,21)/t11-,12-/m0/s1. The van der Waals surface area contributed by atoms with Crippen molar-refractivity contribution in [2.75, 3.05) is 10.2 Å². The van der Waals surface area contributed by atoms with Crippen molar-refractivity contribution in [3.63, 3.8) is 0 Å². The highest BCUT2D eigenvalue weighted by molar-refractivity contribution is 6.29. The van der Waals surface area contributed by atoms with E-state index in [1.54, 1.807) is 23.0 Å². The maximum atomic E-state index is 6.09. The minimum absolute atomic E-state index is 0.404. The number of nitrogens with zero attached hydrogens (tertiary/aromatic N) is 5. The summed E-state index contributed by atoms with van der Waals surface area (Å²) in [6.07, 6.45) is 5.87. The third-order valence-electron chi connectivity index (χ3n) is 4.54. The van der Waals surface area contributed by atoms with Gasteiger partial charge in [-0.15, -0.1) is 0 Å². The molecule has 6 nitrogen and oxygen atoms in total. The van der Waals surface area contributed by atoms with Gasteiger partial charge in [-0.05, 0) is 38.8 Å². The van der Waals surface area contributed by atoms with Gasteiger partial charge in [-0.25, -0.2) is 14.5 Å². The van der Waals surface area contributed by atoms with Gasteiger partial charge in [0.25, 0.3) is 0 Å². The number of pyridine rings is 1. The lowest BCUT2D eigenvalue weighted by molar-refractivity contribution is 0.684. The molecule has 2 atom stereocenters. The molecule has 0 saturated carbocycles. The van der Waals surface area contributed by atoms with Gasteiger partial charge in [0, 0.05) is 30.5 Å². The highest BCUT2D eigenvalue weighted by Crippen LogP contribution is 2.30. The summed E-state index contributed by atoms with van der Waals surface area (Å²) in [6.45, 7) is 4.50. The SMILES string of the molecule is C[C@H]1CC[C@H](C)N1c1cccc(Nc2cc(Cl)nn3ccnc23)n1. The molecule has 0 radical (unpaired) electrons. The van der Waals surface area contributed by atoms with E-state index in [1.807, 2.05) is 12.1 Å². The van der Waals surface area contributed by atoms with Crippen molar-refractivity contribution in [3.05, 3.63) is 41.8 Å². The Kier molecular flexibility index (Phi) is 3.76. The normalized spacial score (nSPS) is 20.7. The van der Waals surface area contributed by atoms with Crippen molar-refractivity contribution in [1.82, 2.24) is 19.6 Å². The number of hydrogen-bond donors (Lipinski definition) is 1. The van der Waals surface area contributed by atoms with Crippen LogP contribution in [0.4, 0.5) is 17.3 Å². The van der Waals surface area contributed by atoms with Crippen LogP contribution in [0, 0.1) is 0 Å². The van der Waals surface area contributed by atoms with Crippen molar-refractivity contribution >= 4 is 34.6 Å². The minimum Gasteiger partial charge on any atom is -0.351 e. The number of fused-ring (bicyclic) bond motifs is 1. The van der Waals surface area contributed by atoms with E-state index < -0.39 is 0 Å². The van der Waals surface area contributed by atoms with Crippen LogP contribution >= 0.6 is 11.6 Å². The fourth-order valence-corrected chi connectivity index (χ4v) is 3.59. The summed E-state index contributed by atoms with van der Waals surface area (Å²) in [5.74, 6) is 1.77. The summed E-state index contributed by atoms with van der Waals surface area (Å²) in [6, 6.07) is 8.82. The van der Waals surface area contributed by atoms with Crippen molar-refractivity contribution in [2.24, 2.45) is 0 Å². The first-order chi connectivity index (χ1) is 11.6. The third kappa shape index (κ3) is 2.67. The monoisotopic (exact) mass is 342 g/mol. The molecule has 4 heterocycles. The van der Waals surface area contributed by atoms with Crippen LogP contribution in [0.15, 0.2) is 36.7 Å². The summed E-state index contributed by atoms with van der Waals surface area (Å²) < 4.78 is 1.65. The Bertz CT molecular complexity index is 866. The van der Waals surface area contributed by atoms with Crippen molar-refractivity contribution < 1.29 is 0 Å². The van der Waals surface area contributed by atoms with Crippen molar-refractivity contribution in [1.29, 1.82) is 0 Å². The smallest absolute Gasteiger partial charge is 0.177 e. The van der Waals surface area contributed by atoms with E-state index in [-0.39, 0.29) is 0 Å². The van der Waals surface area contributed by atoms with Gasteiger partial charge in [0.1, 0.15) is 11.6 Å². The molecule has 1 aliphatic rings. The fraction of sp³-hybridized carbons (Fsp3) is 0.353. The molecule has 0 aliphatic carbocycles. The molecule has 1 N–H and O–H groups in total. The first kappa shape index (κ1) is 15.2. The topological polar surface area (TPSA) is 58.4 Å². The molecule has 3 aromatic rings. The zero-order valence-corrected chi connectivity index (χ0v) is 14.4. The maximum absolute atomic E-state index is 6.09. The molecule has 0 amide bonds. The molecule has 24 heavy (non-hydrogen) atoms. The predicted octanol–water partition coefficient (Wildman–Crippen LogP) is 3.90. The van der Waals surface area contributed by atoms with Crippen LogP contribution in [0.2, 0.25) is 5.15 Å². The number of aromatic nitrogens is 4. The van der Waals surface area contributed by atoms with E-state index >= 15 is 0 Å².